The molecule has 1 heterocycles. The van der Waals surface area contributed by atoms with E-state index in [4.69, 9.17) is 9.47 Å². The summed E-state index contributed by atoms with van der Waals surface area (Å²) in [4.78, 5) is 9.14. The largest absolute Gasteiger partial charge is 0.497 e. The summed E-state index contributed by atoms with van der Waals surface area (Å²) in [6.45, 7) is 0. The van der Waals surface area contributed by atoms with Crippen LogP contribution in [0.15, 0.2) is 59.8 Å². The molecular weight excluding hydrogens is 368 g/mol. The fourth-order valence-corrected chi connectivity index (χ4v) is 2.91. The van der Waals surface area contributed by atoms with E-state index >= 15 is 0 Å². The lowest BCUT2D eigenvalue weighted by molar-refractivity contribution is 0.414. The maximum absolute atomic E-state index is 5.19. The van der Waals surface area contributed by atoms with Crippen LogP contribution in [-0.2, 0) is 0 Å². The van der Waals surface area contributed by atoms with E-state index < -0.39 is 0 Å². The van der Waals surface area contributed by atoms with Crippen LogP contribution in [0.1, 0.15) is 22.5 Å². The first-order chi connectivity index (χ1) is 13.7. The van der Waals surface area contributed by atoms with Crippen LogP contribution in [0.3, 0.4) is 0 Å². The van der Waals surface area contributed by atoms with E-state index in [1.54, 1.807) is 14.2 Å². The summed E-state index contributed by atoms with van der Waals surface area (Å²) in [5.74, 6) is 1.68. The molecule has 0 bridgehead atoms. The summed E-state index contributed by atoms with van der Waals surface area (Å²) >= 11 is 1.53. The molecule has 0 saturated heterocycles. The van der Waals surface area contributed by atoms with E-state index in [1.807, 2.05) is 85.2 Å². The minimum atomic E-state index is 0.742. The average molecular weight is 391 g/mol. The summed E-state index contributed by atoms with van der Waals surface area (Å²) in [5, 5.41) is 0.742. The van der Waals surface area contributed by atoms with Gasteiger partial charge in [-0.15, -0.1) is 0 Å². The highest BCUT2D eigenvalue weighted by atomic mass is 32.2. The monoisotopic (exact) mass is 390 g/mol. The van der Waals surface area contributed by atoms with Gasteiger partial charge in [-0.05, 0) is 59.9 Å². The lowest BCUT2D eigenvalue weighted by Crippen LogP contribution is -1.92. The van der Waals surface area contributed by atoms with Gasteiger partial charge in [0, 0.05) is 0 Å². The molecule has 5 heteroatoms. The Labute approximate surface area is 170 Å². The molecule has 0 N–H and O–H groups in total. The van der Waals surface area contributed by atoms with Gasteiger partial charge < -0.3 is 9.47 Å². The number of nitrogens with zero attached hydrogens (tertiary/aromatic N) is 2. The summed E-state index contributed by atoms with van der Waals surface area (Å²) in [6, 6.07) is 17.8. The van der Waals surface area contributed by atoms with E-state index in [0.717, 1.165) is 39.2 Å². The molecule has 0 aliphatic carbocycles. The highest BCUT2D eigenvalue weighted by Gasteiger charge is 2.01. The van der Waals surface area contributed by atoms with Crippen LogP contribution in [0.25, 0.3) is 24.3 Å². The van der Waals surface area contributed by atoms with Gasteiger partial charge in [0.2, 0.25) is 0 Å². The van der Waals surface area contributed by atoms with Crippen molar-refractivity contribution in [2.24, 2.45) is 0 Å². The van der Waals surface area contributed by atoms with Crippen LogP contribution in [-0.4, -0.2) is 30.4 Å². The maximum atomic E-state index is 5.19. The molecule has 4 nitrogen and oxygen atoms in total. The second-order valence-electron chi connectivity index (χ2n) is 5.92. The molecule has 0 saturated carbocycles. The van der Waals surface area contributed by atoms with E-state index in [1.165, 1.54) is 11.8 Å². The first kappa shape index (κ1) is 19.7. The van der Waals surface area contributed by atoms with Gasteiger partial charge in [-0.3, -0.25) is 0 Å². The topological polar surface area (TPSA) is 44.2 Å². The summed E-state index contributed by atoms with van der Waals surface area (Å²) in [5.41, 5.74) is 3.90. The van der Waals surface area contributed by atoms with Crippen molar-refractivity contribution in [3.05, 3.63) is 77.1 Å². The molecule has 0 aliphatic heterocycles. The van der Waals surface area contributed by atoms with E-state index in [2.05, 4.69) is 9.97 Å². The Hall–Kier alpha value is -3.05. The Morgan fingerprint density at radius 1 is 0.679 bits per heavy atom. The predicted octanol–water partition coefficient (Wildman–Crippen LogP) is 5.56. The van der Waals surface area contributed by atoms with Crippen molar-refractivity contribution >= 4 is 36.1 Å². The molecule has 0 spiro atoms. The minimum absolute atomic E-state index is 0.742. The highest BCUT2D eigenvalue weighted by Crippen LogP contribution is 2.18. The van der Waals surface area contributed by atoms with Gasteiger partial charge in [0.05, 0.1) is 25.6 Å². The first-order valence-corrected chi connectivity index (χ1v) is 10.00. The molecular formula is C23H22N2O2S. The maximum Gasteiger partial charge on any atom is 0.188 e. The summed E-state index contributed by atoms with van der Waals surface area (Å²) in [7, 11) is 3.33. The van der Waals surface area contributed by atoms with Crippen molar-refractivity contribution in [2.75, 3.05) is 20.5 Å². The van der Waals surface area contributed by atoms with Crippen LogP contribution < -0.4 is 9.47 Å². The van der Waals surface area contributed by atoms with E-state index in [0.29, 0.717) is 0 Å². The molecule has 0 amide bonds. The number of aromatic nitrogens is 2. The van der Waals surface area contributed by atoms with Crippen molar-refractivity contribution in [1.82, 2.24) is 9.97 Å². The lowest BCUT2D eigenvalue weighted by atomic mass is 10.1. The standard InChI is InChI=1S/C23H22N2O2S/c1-26-21-12-6-17(7-13-21)4-10-19-16-20(25-23(24-19)28-3)11-5-18-8-14-22(27-2)15-9-18/h4-16H,1-3H3/b10-4+,11-5+. The molecule has 28 heavy (non-hydrogen) atoms. The molecule has 1 aromatic heterocycles. The van der Waals surface area contributed by atoms with Crippen LogP contribution in [0.2, 0.25) is 0 Å². The molecule has 0 atom stereocenters. The zero-order valence-corrected chi connectivity index (χ0v) is 16.9. The van der Waals surface area contributed by atoms with Gasteiger partial charge in [0.25, 0.3) is 0 Å². The van der Waals surface area contributed by atoms with Gasteiger partial charge in [-0.1, -0.05) is 48.2 Å². The SMILES string of the molecule is COc1ccc(/C=C/c2cc(/C=C/c3ccc(OC)cc3)nc(SC)n2)cc1. The molecule has 142 valence electrons. The normalized spacial score (nSPS) is 11.2. The Bertz CT molecular complexity index is 889. The second kappa shape index (κ2) is 9.76. The van der Waals surface area contributed by atoms with Crippen molar-refractivity contribution in [3.63, 3.8) is 0 Å². The number of methoxy groups -OCH3 is 2. The Morgan fingerprint density at radius 3 is 1.46 bits per heavy atom. The van der Waals surface area contributed by atoms with Gasteiger partial charge in [0.15, 0.2) is 5.16 Å². The Kier molecular flexibility index (Phi) is 6.87. The number of hydrogen-bond acceptors (Lipinski definition) is 5. The lowest BCUT2D eigenvalue weighted by Gasteiger charge is -2.02. The number of ether oxygens (including phenoxy) is 2. The summed E-state index contributed by atoms with van der Waals surface area (Å²) < 4.78 is 10.4. The quantitative estimate of drug-likeness (QED) is 0.390. The molecule has 3 aromatic rings. The third-order valence-corrected chi connectivity index (χ3v) is 4.60. The van der Waals surface area contributed by atoms with Crippen molar-refractivity contribution in [2.45, 2.75) is 5.16 Å². The van der Waals surface area contributed by atoms with Gasteiger partial charge in [-0.2, -0.15) is 0 Å². The third kappa shape index (κ3) is 5.47. The molecule has 0 aliphatic rings. The predicted molar refractivity (Wildman–Crippen MR) is 118 cm³/mol. The number of rotatable bonds is 7. The number of benzene rings is 2. The average Bonchev–Trinajstić information content (AvgIpc) is 2.76. The Morgan fingerprint density at radius 2 is 1.11 bits per heavy atom. The molecule has 0 fully saturated rings. The Balaban J connectivity index is 1.80. The van der Waals surface area contributed by atoms with Gasteiger partial charge in [-0.25, -0.2) is 9.97 Å². The van der Waals surface area contributed by atoms with Crippen LogP contribution in [0, 0.1) is 0 Å². The molecule has 0 unspecified atom stereocenters. The van der Waals surface area contributed by atoms with Crippen LogP contribution in [0.5, 0.6) is 11.5 Å². The van der Waals surface area contributed by atoms with Gasteiger partial charge in [0.1, 0.15) is 11.5 Å². The fourth-order valence-electron chi connectivity index (χ4n) is 2.52. The second-order valence-corrected chi connectivity index (χ2v) is 6.69. The fraction of sp³-hybridized carbons (Fsp3) is 0.130. The zero-order chi connectivity index (χ0) is 19.8. The number of thioether (sulfide) groups is 1. The van der Waals surface area contributed by atoms with Crippen molar-refractivity contribution < 1.29 is 9.47 Å². The van der Waals surface area contributed by atoms with Crippen LogP contribution in [0.4, 0.5) is 0 Å². The number of hydrogen-bond donors (Lipinski definition) is 0. The van der Waals surface area contributed by atoms with E-state index in [-0.39, 0.29) is 0 Å². The van der Waals surface area contributed by atoms with E-state index in [9.17, 15) is 0 Å². The van der Waals surface area contributed by atoms with Crippen molar-refractivity contribution in [3.8, 4) is 11.5 Å². The first-order valence-electron chi connectivity index (χ1n) is 8.77. The minimum Gasteiger partial charge on any atom is -0.497 e. The van der Waals surface area contributed by atoms with Crippen LogP contribution >= 0.6 is 11.8 Å². The molecule has 3 rings (SSSR count). The summed E-state index contributed by atoms with van der Waals surface area (Å²) in [6.07, 6.45) is 10.0. The van der Waals surface area contributed by atoms with Gasteiger partial charge >= 0.3 is 0 Å². The molecule has 2 aromatic carbocycles. The third-order valence-electron chi connectivity index (χ3n) is 4.05. The van der Waals surface area contributed by atoms with Crippen molar-refractivity contribution in [1.29, 1.82) is 0 Å². The molecule has 0 radical (unpaired) electrons. The smallest absolute Gasteiger partial charge is 0.188 e. The zero-order valence-electron chi connectivity index (χ0n) is 16.1. The highest BCUT2D eigenvalue weighted by molar-refractivity contribution is 7.98.